The molecule has 0 aromatic heterocycles. The van der Waals surface area contributed by atoms with Gasteiger partial charge in [-0.05, 0) is 61.3 Å². The summed E-state index contributed by atoms with van der Waals surface area (Å²) in [6, 6.07) is 26.8. The predicted molar refractivity (Wildman–Crippen MR) is 150 cm³/mol. The molecular formula is C32H37N3O4. The lowest BCUT2D eigenvalue weighted by Crippen LogP contribution is -2.58. The molecule has 1 saturated heterocycles. The van der Waals surface area contributed by atoms with Gasteiger partial charge in [-0.3, -0.25) is 10.1 Å². The zero-order valence-corrected chi connectivity index (χ0v) is 22.3. The second kappa shape index (κ2) is 12.0. The first kappa shape index (κ1) is 26.9. The molecule has 1 aliphatic heterocycles. The molecule has 204 valence electrons. The molecule has 7 nitrogen and oxygen atoms in total. The van der Waals surface area contributed by atoms with Gasteiger partial charge in [0, 0.05) is 6.54 Å². The van der Waals surface area contributed by atoms with Gasteiger partial charge in [-0.15, -0.1) is 0 Å². The van der Waals surface area contributed by atoms with Crippen LogP contribution < -0.4 is 15.4 Å². The lowest BCUT2D eigenvalue weighted by molar-refractivity contribution is -0.135. The second-order valence-electron chi connectivity index (χ2n) is 10.9. The van der Waals surface area contributed by atoms with Gasteiger partial charge in [0.25, 0.3) is 0 Å². The minimum Gasteiger partial charge on any atom is -0.410 e. The van der Waals surface area contributed by atoms with E-state index in [2.05, 4.69) is 17.6 Å². The van der Waals surface area contributed by atoms with Crippen LogP contribution in [-0.4, -0.2) is 45.9 Å². The number of benzene rings is 3. The summed E-state index contributed by atoms with van der Waals surface area (Å²) in [6.45, 7) is 2.72. The van der Waals surface area contributed by atoms with Gasteiger partial charge in [0.2, 0.25) is 5.91 Å². The molecule has 0 unspecified atom stereocenters. The summed E-state index contributed by atoms with van der Waals surface area (Å²) in [6.07, 6.45) is 2.16. The number of carbonyl (C=O) groups is 2. The number of hydrogen-bond acceptors (Lipinski definition) is 5. The maximum Gasteiger partial charge on any atom is 0.412 e. The van der Waals surface area contributed by atoms with Gasteiger partial charge in [0.05, 0.1) is 17.8 Å². The Morgan fingerprint density at radius 1 is 0.974 bits per heavy atom. The molecular weight excluding hydrogens is 490 g/mol. The first-order valence-corrected chi connectivity index (χ1v) is 13.8. The molecule has 1 aliphatic carbocycles. The predicted octanol–water partition coefficient (Wildman–Crippen LogP) is 4.65. The highest BCUT2D eigenvalue weighted by Gasteiger charge is 2.54. The van der Waals surface area contributed by atoms with Crippen molar-refractivity contribution in [2.24, 2.45) is 5.92 Å². The summed E-state index contributed by atoms with van der Waals surface area (Å²) in [4.78, 5) is 28.8. The maximum atomic E-state index is 14.0. The van der Waals surface area contributed by atoms with Crippen LogP contribution in [0, 0.1) is 5.92 Å². The first-order valence-electron chi connectivity index (χ1n) is 13.8. The van der Waals surface area contributed by atoms with Gasteiger partial charge in [0.1, 0.15) is 11.8 Å². The van der Waals surface area contributed by atoms with Crippen molar-refractivity contribution in [3.05, 3.63) is 102 Å². The quantitative estimate of drug-likeness (QED) is 0.397. The molecule has 3 N–H and O–H groups in total. The molecule has 39 heavy (non-hydrogen) atoms. The number of carbonyl (C=O) groups excluding carboxylic acids is 2. The van der Waals surface area contributed by atoms with Gasteiger partial charge < -0.3 is 20.1 Å². The van der Waals surface area contributed by atoms with Gasteiger partial charge in [-0.1, -0.05) is 85.8 Å². The van der Waals surface area contributed by atoms with E-state index in [9.17, 15) is 14.7 Å². The molecule has 0 radical (unpaired) electrons. The number of hydrogen-bond donors (Lipinski definition) is 3. The molecule has 0 bridgehead atoms. The van der Waals surface area contributed by atoms with Gasteiger partial charge in [0.15, 0.2) is 0 Å². The summed E-state index contributed by atoms with van der Waals surface area (Å²) in [5.74, 6) is 0.856. The van der Waals surface area contributed by atoms with E-state index in [1.807, 2.05) is 71.6 Å². The average molecular weight is 528 g/mol. The number of ether oxygens (including phenoxy) is 1. The largest absolute Gasteiger partial charge is 0.412 e. The molecule has 3 atom stereocenters. The Hall–Kier alpha value is -3.68. The molecule has 1 heterocycles. The van der Waals surface area contributed by atoms with Crippen LogP contribution in [0.4, 0.5) is 4.79 Å². The highest BCUT2D eigenvalue weighted by Crippen LogP contribution is 2.40. The average Bonchev–Trinajstić information content (AvgIpc) is 3.22. The first-order chi connectivity index (χ1) is 18.9. The van der Waals surface area contributed by atoms with E-state index < -0.39 is 29.9 Å². The van der Waals surface area contributed by atoms with Crippen molar-refractivity contribution in [3.63, 3.8) is 0 Å². The normalized spacial score (nSPS) is 24.4. The third kappa shape index (κ3) is 6.32. The monoisotopic (exact) mass is 527 g/mol. The van der Waals surface area contributed by atoms with Gasteiger partial charge in [-0.2, -0.15) is 0 Å². The van der Waals surface area contributed by atoms with Crippen LogP contribution >= 0.6 is 0 Å². The van der Waals surface area contributed by atoms with Crippen LogP contribution in [0.15, 0.2) is 91.0 Å². The van der Waals surface area contributed by atoms with Crippen LogP contribution in [0.2, 0.25) is 0 Å². The van der Waals surface area contributed by atoms with Crippen molar-refractivity contribution in [2.45, 2.75) is 69.4 Å². The van der Waals surface area contributed by atoms with Crippen molar-refractivity contribution in [1.29, 1.82) is 0 Å². The number of para-hydroxylation sites is 1. The fourth-order valence-corrected chi connectivity index (χ4v) is 5.82. The molecule has 3 aromatic rings. The standard InChI is InChI=1S/C32H37N3O4/c1-23-17-19-32(20-18-23)34-28(30(37)35(32)22-25-13-7-3-8-14-25)29(36)27(21-24-11-5-2-6-12-24)33-31(38)39-26-15-9-4-10-16-26/h2-16,23,27-29,34,36H,17-22H2,1H3,(H,33,38)/t23?,27-,28-,29-,32?/m0/s1. The molecule has 3 aromatic carbocycles. The topological polar surface area (TPSA) is 90.9 Å². The van der Waals surface area contributed by atoms with Gasteiger partial charge in [-0.25, -0.2) is 4.79 Å². The number of amides is 2. The smallest absolute Gasteiger partial charge is 0.410 e. The van der Waals surface area contributed by atoms with E-state index in [-0.39, 0.29) is 5.91 Å². The Morgan fingerprint density at radius 2 is 1.54 bits per heavy atom. The van der Waals surface area contributed by atoms with Crippen LogP contribution in [0.5, 0.6) is 5.75 Å². The zero-order valence-electron chi connectivity index (χ0n) is 22.3. The lowest BCUT2D eigenvalue weighted by Gasteiger charge is -2.43. The molecule has 1 saturated carbocycles. The number of nitrogens with one attached hydrogen (secondary N) is 2. The number of aliphatic hydroxyl groups excluding tert-OH is 1. The number of aliphatic hydroxyl groups is 1. The van der Waals surface area contributed by atoms with Crippen molar-refractivity contribution in [3.8, 4) is 5.75 Å². The van der Waals surface area contributed by atoms with Crippen molar-refractivity contribution >= 4 is 12.0 Å². The van der Waals surface area contributed by atoms with Gasteiger partial charge >= 0.3 is 6.09 Å². The molecule has 2 fully saturated rings. The van der Waals surface area contributed by atoms with Crippen LogP contribution in [0.3, 0.4) is 0 Å². The molecule has 7 heteroatoms. The second-order valence-corrected chi connectivity index (χ2v) is 10.9. The summed E-state index contributed by atoms with van der Waals surface area (Å²) in [5.41, 5.74) is 1.47. The van der Waals surface area contributed by atoms with E-state index in [0.29, 0.717) is 24.6 Å². The lowest BCUT2D eigenvalue weighted by atomic mass is 9.82. The molecule has 5 rings (SSSR count). The third-order valence-electron chi connectivity index (χ3n) is 8.07. The maximum absolute atomic E-state index is 14.0. The van der Waals surface area contributed by atoms with Crippen LogP contribution in [0.25, 0.3) is 0 Å². The molecule has 1 spiro atoms. The molecule has 2 aliphatic rings. The SMILES string of the molecule is CC1CCC2(CC1)N[C@@H]([C@@H](O)[C@H](Cc1ccccc1)NC(=O)Oc1ccccc1)C(=O)N2Cc1ccccc1. The minimum atomic E-state index is -1.17. The summed E-state index contributed by atoms with van der Waals surface area (Å²) in [5, 5.41) is 18.1. The fourth-order valence-electron chi connectivity index (χ4n) is 5.82. The Balaban J connectivity index is 1.39. The molecule has 2 amide bonds. The Bertz CT molecular complexity index is 1230. The highest BCUT2D eigenvalue weighted by molar-refractivity contribution is 5.86. The summed E-state index contributed by atoms with van der Waals surface area (Å²) in [7, 11) is 0. The summed E-state index contributed by atoms with van der Waals surface area (Å²) < 4.78 is 5.47. The Morgan fingerprint density at radius 3 is 2.15 bits per heavy atom. The van der Waals surface area contributed by atoms with E-state index in [4.69, 9.17) is 4.74 Å². The highest BCUT2D eigenvalue weighted by atomic mass is 16.6. The zero-order chi connectivity index (χ0) is 27.2. The van der Waals surface area contributed by atoms with E-state index in [0.717, 1.165) is 36.8 Å². The van der Waals surface area contributed by atoms with Crippen molar-refractivity contribution in [1.82, 2.24) is 15.5 Å². The van der Waals surface area contributed by atoms with E-state index in [1.165, 1.54) is 0 Å². The number of rotatable bonds is 8. The van der Waals surface area contributed by atoms with Crippen molar-refractivity contribution in [2.75, 3.05) is 0 Å². The van der Waals surface area contributed by atoms with Crippen LogP contribution in [0.1, 0.15) is 43.7 Å². The third-order valence-corrected chi connectivity index (χ3v) is 8.07. The summed E-state index contributed by atoms with van der Waals surface area (Å²) >= 11 is 0. The minimum absolute atomic E-state index is 0.141. The van der Waals surface area contributed by atoms with Crippen LogP contribution in [-0.2, 0) is 17.8 Å². The Kier molecular flexibility index (Phi) is 8.29. The number of nitrogens with zero attached hydrogens (tertiary/aromatic N) is 1. The van der Waals surface area contributed by atoms with E-state index in [1.54, 1.807) is 24.3 Å². The fraction of sp³-hybridized carbons (Fsp3) is 0.375. The van der Waals surface area contributed by atoms with Crippen molar-refractivity contribution < 1.29 is 19.4 Å². The Labute approximate surface area is 230 Å². The van der Waals surface area contributed by atoms with E-state index >= 15 is 0 Å².